The van der Waals surface area contributed by atoms with Gasteiger partial charge in [0.25, 0.3) is 0 Å². The van der Waals surface area contributed by atoms with E-state index < -0.39 is 10.2 Å². The number of rotatable bonds is 5. The predicted octanol–water partition coefficient (Wildman–Crippen LogP) is 1.60. The number of nitrogens with one attached hydrogen (secondary N) is 1. The van der Waals surface area contributed by atoms with Crippen LogP contribution in [0.15, 0.2) is 35.4 Å². The van der Waals surface area contributed by atoms with Crippen molar-refractivity contribution in [2.45, 2.75) is 30.3 Å². The molecule has 1 aromatic heterocycles. The number of benzene rings is 1. The third-order valence-corrected chi connectivity index (χ3v) is 3.91. The van der Waals surface area contributed by atoms with Crippen molar-refractivity contribution in [3.63, 3.8) is 0 Å². The van der Waals surface area contributed by atoms with Crippen LogP contribution in [-0.2, 0) is 16.8 Å². The second-order valence-electron chi connectivity index (χ2n) is 4.74. The highest BCUT2D eigenvalue weighted by Crippen LogP contribution is 2.19. The van der Waals surface area contributed by atoms with Crippen molar-refractivity contribution >= 4 is 22.6 Å². The van der Waals surface area contributed by atoms with Crippen molar-refractivity contribution in [3.05, 3.63) is 36.2 Å². The molecule has 6 nitrogen and oxygen atoms in total. The second-order valence-corrected chi connectivity index (χ2v) is 6.09. The van der Waals surface area contributed by atoms with Crippen LogP contribution in [0.4, 0.5) is 3.89 Å². The Bertz CT molecular complexity index is 713. The molecule has 1 aliphatic carbocycles. The van der Waals surface area contributed by atoms with Crippen LogP contribution < -0.4 is 5.32 Å². The molecule has 114 valence electrons. The third kappa shape index (κ3) is 3.99. The molecule has 0 atom stereocenters. The molecule has 0 amide bonds. The van der Waals surface area contributed by atoms with Gasteiger partial charge in [-0.1, -0.05) is 5.21 Å². The van der Waals surface area contributed by atoms with Crippen molar-refractivity contribution in [3.8, 4) is 5.69 Å². The van der Waals surface area contributed by atoms with Crippen molar-refractivity contribution in [1.29, 1.82) is 0 Å². The molecule has 1 fully saturated rings. The Morgan fingerprint density at radius 1 is 1.29 bits per heavy atom. The lowest BCUT2D eigenvalue weighted by Gasteiger charge is -2.00. The van der Waals surface area contributed by atoms with Gasteiger partial charge < -0.3 is 5.32 Å². The van der Waals surface area contributed by atoms with Gasteiger partial charge in [0.1, 0.15) is 0 Å². The van der Waals surface area contributed by atoms with Crippen LogP contribution in [0.2, 0.25) is 0 Å². The molecule has 0 spiro atoms. The van der Waals surface area contributed by atoms with Gasteiger partial charge in [-0.3, -0.25) is 0 Å². The van der Waals surface area contributed by atoms with Gasteiger partial charge in [-0.15, -0.1) is 21.4 Å². The topological polar surface area (TPSA) is 76.9 Å². The van der Waals surface area contributed by atoms with Gasteiger partial charge in [0.15, 0.2) is 0 Å². The largest absolute Gasteiger partial charge is 0.332 e. The van der Waals surface area contributed by atoms with E-state index in [2.05, 4.69) is 15.6 Å². The lowest BCUT2D eigenvalue weighted by Crippen LogP contribution is -2.15. The van der Waals surface area contributed by atoms with E-state index in [4.69, 9.17) is 0 Å². The molecule has 2 aromatic rings. The molecule has 0 unspecified atom stereocenters. The number of nitrogens with zero attached hydrogens (tertiary/aromatic N) is 3. The van der Waals surface area contributed by atoms with E-state index in [1.165, 1.54) is 41.8 Å². The van der Waals surface area contributed by atoms with Crippen molar-refractivity contribution in [2.24, 2.45) is 0 Å². The zero-order chi connectivity index (χ0) is 14.2. The molecule has 0 aliphatic heterocycles. The van der Waals surface area contributed by atoms with Crippen LogP contribution in [0.1, 0.15) is 18.5 Å². The molecular formula is C12H14ClFN4O2S. The molecule has 1 aliphatic rings. The minimum Gasteiger partial charge on any atom is -0.308 e. The molecule has 0 saturated heterocycles. The standard InChI is InChI=1S/C12H13FN4O2S.ClH/c13-20(18,19)12-5-3-11(4-6-12)17-8-10(15-16-17)7-14-9-1-2-9;/h3-6,8-9,14H,1-2,7H2;1H. The van der Waals surface area contributed by atoms with E-state index in [0.717, 1.165) is 5.69 Å². The lowest BCUT2D eigenvalue weighted by molar-refractivity contribution is 0.552. The summed E-state index contributed by atoms with van der Waals surface area (Å²) in [6.07, 6.45) is 4.16. The van der Waals surface area contributed by atoms with E-state index in [1.807, 2.05) is 0 Å². The first kappa shape index (κ1) is 15.9. The van der Waals surface area contributed by atoms with Crippen molar-refractivity contribution in [1.82, 2.24) is 20.3 Å². The Labute approximate surface area is 128 Å². The molecule has 0 bridgehead atoms. The van der Waals surface area contributed by atoms with Crippen LogP contribution in [0.3, 0.4) is 0 Å². The van der Waals surface area contributed by atoms with Gasteiger partial charge in [0.2, 0.25) is 0 Å². The molecule has 21 heavy (non-hydrogen) atoms. The van der Waals surface area contributed by atoms with Gasteiger partial charge in [0.05, 0.1) is 22.5 Å². The maximum atomic E-state index is 12.8. The van der Waals surface area contributed by atoms with Crippen LogP contribution in [0.5, 0.6) is 0 Å². The first-order valence-corrected chi connectivity index (χ1v) is 7.60. The highest BCUT2D eigenvalue weighted by Gasteiger charge is 2.20. The van der Waals surface area contributed by atoms with Crippen LogP contribution in [0.25, 0.3) is 5.69 Å². The number of hydrogen-bond acceptors (Lipinski definition) is 5. The molecule has 1 N–H and O–H groups in total. The summed E-state index contributed by atoms with van der Waals surface area (Å²) in [5.74, 6) is 0. The van der Waals surface area contributed by atoms with Gasteiger partial charge in [-0.2, -0.15) is 8.42 Å². The summed E-state index contributed by atoms with van der Waals surface area (Å²) in [5.41, 5.74) is 1.43. The van der Waals surface area contributed by atoms with Crippen LogP contribution >= 0.6 is 12.4 Å². The summed E-state index contributed by atoms with van der Waals surface area (Å²) >= 11 is 0. The average Bonchev–Trinajstić information content (AvgIpc) is 3.13. The maximum Gasteiger partial charge on any atom is 0.332 e. The first-order chi connectivity index (χ1) is 9.52. The lowest BCUT2D eigenvalue weighted by atomic mass is 10.3. The fourth-order valence-corrected chi connectivity index (χ4v) is 2.26. The highest BCUT2D eigenvalue weighted by atomic mass is 35.5. The van der Waals surface area contributed by atoms with E-state index in [1.54, 1.807) is 6.20 Å². The molecule has 1 saturated carbocycles. The Morgan fingerprint density at radius 3 is 2.52 bits per heavy atom. The summed E-state index contributed by atoms with van der Waals surface area (Å²) in [7, 11) is -4.66. The molecule has 1 aromatic carbocycles. The normalized spacial score (nSPS) is 14.7. The molecule has 0 radical (unpaired) electrons. The number of halogens is 2. The van der Waals surface area contributed by atoms with Crippen molar-refractivity contribution in [2.75, 3.05) is 0 Å². The zero-order valence-electron chi connectivity index (χ0n) is 10.9. The summed E-state index contributed by atoms with van der Waals surface area (Å²) in [4.78, 5) is -0.364. The molecule has 3 rings (SSSR count). The minimum absolute atomic E-state index is 0. The quantitative estimate of drug-likeness (QED) is 0.842. The van der Waals surface area contributed by atoms with Gasteiger partial charge in [0, 0.05) is 12.6 Å². The Morgan fingerprint density at radius 2 is 1.95 bits per heavy atom. The Kier molecular flexibility index (Phi) is 4.60. The van der Waals surface area contributed by atoms with E-state index >= 15 is 0 Å². The van der Waals surface area contributed by atoms with Gasteiger partial charge in [-0.05, 0) is 37.1 Å². The summed E-state index contributed by atoms with van der Waals surface area (Å²) in [6, 6.07) is 5.97. The Hall–Kier alpha value is -1.51. The first-order valence-electron chi connectivity index (χ1n) is 6.22. The zero-order valence-corrected chi connectivity index (χ0v) is 12.6. The van der Waals surface area contributed by atoms with Crippen LogP contribution in [-0.4, -0.2) is 29.5 Å². The average molecular weight is 333 g/mol. The molecular weight excluding hydrogens is 319 g/mol. The summed E-state index contributed by atoms with van der Waals surface area (Å²) in [6.45, 7) is 0.654. The summed E-state index contributed by atoms with van der Waals surface area (Å²) < 4.78 is 35.8. The van der Waals surface area contributed by atoms with Crippen molar-refractivity contribution < 1.29 is 12.3 Å². The fourth-order valence-electron chi connectivity index (χ4n) is 1.80. The van der Waals surface area contributed by atoms with E-state index in [9.17, 15) is 12.3 Å². The van der Waals surface area contributed by atoms with E-state index in [0.29, 0.717) is 18.3 Å². The number of hydrogen-bond donors (Lipinski definition) is 1. The van der Waals surface area contributed by atoms with Gasteiger partial charge >= 0.3 is 10.2 Å². The predicted molar refractivity (Wildman–Crippen MR) is 76.8 cm³/mol. The maximum absolute atomic E-state index is 12.8. The highest BCUT2D eigenvalue weighted by molar-refractivity contribution is 7.86. The molecule has 1 heterocycles. The third-order valence-electron chi connectivity index (χ3n) is 3.07. The van der Waals surface area contributed by atoms with E-state index in [-0.39, 0.29) is 17.3 Å². The Balaban J connectivity index is 0.00000161. The minimum atomic E-state index is -4.66. The fraction of sp³-hybridized carbons (Fsp3) is 0.333. The SMILES string of the molecule is Cl.O=S(=O)(F)c1ccc(-n2cc(CNC3CC3)nn2)cc1. The van der Waals surface area contributed by atoms with Crippen LogP contribution in [0, 0.1) is 0 Å². The number of aromatic nitrogens is 3. The monoisotopic (exact) mass is 332 g/mol. The molecule has 9 heteroatoms. The smallest absolute Gasteiger partial charge is 0.308 e. The second kappa shape index (κ2) is 6.08. The van der Waals surface area contributed by atoms with Gasteiger partial charge in [-0.25, -0.2) is 4.68 Å². The summed E-state index contributed by atoms with van der Waals surface area (Å²) in [5, 5.41) is 11.3.